The summed E-state index contributed by atoms with van der Waals surface area (Å²) in [5.74, 6) is 1.63. The van der Waals surface area contributed by atoms with E-state index in [1.807, 2.05) is 32.0 Å². The number of rotatable bonds is 8. The zero-order valence-corrected chi connectivity index (χ0v) is 13.5. The van der Waals surface area contributed by atoms with Gasteiger partial charge in [-0.05, 0) is 31.5 Å². The smallest absolute Gasteiger partial charge is 0.315 e. The molecule has 7 nitrogen and oxygen atoms in total. The number of carbonyl (C=O) groups excluding carboxylic acids is 1. The molecule has 0 aliphatic carbocycles. The number of esters is 1. The van der Waals surface area contributed by atoms with Crippen molar-refractivity contribution in [1.29, 1.82) is 0 Å². The summed E-state index contributed by atoms with van der Waals surface area (Å²) in [5, 5.41) is 7.77. The molecule has 7 heteroatoms. The summed E-state index contributed by atoms with van der Waals surface area (Å²) in [7, 11) is 1.31. The van der Waals surface area contributed by atoms with Gasteiger partial charge in [-0.25, -0.2) is 0 Å². The van der Waals surface area contributed by atoms with E-state index in [2.05, 4.69) is 14.9 Å². The van der Waals surface area contributed by atoms with E-state index in [4.69, 9.17) is 13.9 Å². The zero-order valence-electron chi connectivity index (χ0n) is 13.5. The number of aromatic nitrogens is 2. The maximum Gasteiger partial charge on any atom is 0.315 e. The average molecular weight is 320 g/mol. The molecule has 2 aromatic rings. The van der Waals surface area contributed by atoms with Crippen LogP contribution in [0, 0.1) is 0 Å². The lowest BCUT2D eigenvalue weighted by molar-refractivity contribution is -0.140. The summed E-state index contributed by atoms with van der Waals surface area (Å²) >= 11 is 0. The second kappa shape index (κ2) is 8.17. The highest BCUT2D eigenvalue weighted by Gasteiger charge is 2.13. The Kier molecular flexibility index (Phi) is 5.96. The number of nitrogens with zero attached hydrogens (tertiary/aromatic N) is 2. The van der Waals surface area contributed by atoms with Gasteiger partial charge in [-0.3, -0.25) is 4.79 Å². The maximum atomic E-state index is 11.2. The molecule has 0 saturated carbocycles. The second-order valence-corrected chi connectivity index (χ2v) is 4.67. The summed E-state index contributed by atoms with van der Waals surface area (Å²) in [6, 6.07) is 5.66. The molecule has 1 heterocycles. The van der Waals surface area contributed by atoms with E-state index in [9.17, 15) is 4.79 Å². The molecule has 0 bridgehead atoms. The molecule has 0 saturated heterocycles. The molecule has 1 aromatic heterocycles. The van der Waals surface area contributed by atoms with Crippen LogP contribution in [0.1, 0.15) is 31.2 Å². The van der Waals surface area contributed by atoms with Gasteiger partial charge in [0.1, 0.15) is 6.42 Å². The van der Waals surface area contributed by atoms with E-state index >= 15 is 0 Å². The van der Waals surface area contributed by atoms with Crippen molar-refractivity contribution < 1.29 is 23.4 Å². The third-order valence-electron chi connectivity index (χ3n) is 3.00. The number of methoxy groups -OCH3 is 1. The first-order valence-electron chi connectivity index (χ1n) is 7.42. The molecule has 2 rings (SSSR count). The Morgan fingerprint density at radius 3 is 2.48 bits per heavy atom. The number of carbonyl (C=O) groups is 1. The van der Waals surface area contributed by atoms with Crippen molar-refractivity contribution in [3.8, 4) is 11.5 Å². The summed E-state index contributed by atoms with van der Waals surface area (Å²) in [6.07, 6.45) is 0.414. The van der Waals surface area contributed by atoms with E-state index in [0.29, 0.717) is 37.0 Å². The fraction of sp³-hybridized carbons (Fsp3) is 0.438. The lowest BCUT2D eigenvalue weighted by Gasteiger charge is -2.11. The predicted octanol–water partition coefficient (Wildman–Crippen LogP) is 2.17. The van der Waals surface area contributed by atoms with E-state index in [-0.39, 0.29) is 12.3 Å². The molecular weight excluding hydrogens is 300 g/mol. The molecule has 0 atom stereocenters. The molecule has 0 amide bonds. The van der Waals surface area contributed by atoms with Crippen molar-refractivity contribution in [2.75, 3.05) is 20.3 Å². The minimum absolute atomic E-state index is 0.0308. The minimum atomic E-state index is -0.417. The molecule has 1 aromatic carbocycles. The highest BCUT2D eigenvalue weighted by atomic mass is 16.5. The van der Waals surface area contributed by atoms with Crippen LogP contribution in [0.2, 0.25) is 0 Å². The van der Waals surface area contributed by atoms with Gasteiger partial charge in [0.25, 0.3) is 0 Å². The first-order valence-corrected chi connectivity index (χ1v) is 7.42. The van der Waals surface area contributed by atoms with Crippen molar-refractivity contribution in [2.24, 2.45) is 0 Å². The molecule has 0 aliphatic heterocycles. The van der Waals surface area contributed by atoms with Crippen LogP contribution in [-0.4, -0.2) is 36.5 Å². The van der Waals surface area contributed by atoms with Crippen molar-refractivity contribution in [3.05, 3.63) is 35.5 Å². The molecule has 0 radical (unpaired) electrons. The van der Waals surface area contributed by atoms with E-state index in [1.165, 1.54) is 7.11 Å². The quantitative estimate of drug-likeness (QED) is 0.689. The molecule has 0 aliphatic rings. The predicted molar refractivity (Wildman–Crippen MR) is 81.6 cm³/mol. The van der Waals surface area contributed by atoms with Gasteiger partial charge in [0.15, 0.2) is 11.5 Å². The number of ether oxygens (including phenoxy) is 3. The third-order valence-corrected chi connectivity index (χ3v) is 3.00. The van der Waals surface area contributed by atoms with Crippen molar-refractivity contribution in [1.82, 2.24) is 10.2 Å². The van der Waals surface area contributed by atoms with Gasteiger partial charge in [0, 0.05) is 0 Å². The van der Waals surface area contributed by atoms with Gasteiger partial charge in [0.2, 0.25) is 11.8 Å². The first kappa shape index (κ1) is 16.8. The normalized spacial score (nSPS) is 10.4. The minimum Gasteiger partial charge on any atom is -0.490 e. The summed E-state index contributed by atoms with van der Waals surface area (Å²) in [5.41, 5.74) is 0.949. The summed E-state index contributed by atoms with van der Waals surface area (Å²) in [6.45, 7) is 4.96. The standard InChI is InChI=1S/C16H20N2O5/c1-4-21-12-7-6-11(8-13(12)22-5-2)9-14-17-18-15(23-14)10-16(19)20-3/h6-8H,4-5,9-10H2,1-3H3. The Morgan fingerprint density at radius 2 is 1.78 bits per heavy atom. The average Bonchev–Trinajstić information content (AvgIpc) is 2.97. The maximum absolute atomic E-state index is 11.2. The largest absolute Gasteiger partial charge is 0.490 e. The van der Waals surface area contributed by atoms with Crippen LogP contribution in [0.3, 0.4) is 0 Å². The summed E-state index contributed by atoms with van der Waals surface area (Å²) in [4.78, 5) is 11.2. The Balaban J connectivity index is 2.10. The number of benzene rings is 1. The van der Waals surface area contributed by atoms with Crippen LogP contribution in [0.5, 0.6) is 11.5 Å². The van der Waals surface area contributed by atoms with Gasteiger partial charge in [-0.1, -0.05) is 6.07 Å². The lowest BCUT2D eigenvalue weighted by Crippen LogP contribution is -2.04. The van der Waals surface area contributed by atoms with E-state index in [0.717, 1.165) is 5.56 Å². The summed E-state index contributed by atoms with van der Waals surface area (Å²) < 4.78 is 21.1. The van der Waals surface area contributed by atoms with E-state index < -0.39 is 5.97 Å². The first-order chi connectivity index (χ1) is 11.2. The molecule has 0 fully saturated rings. The lowest BCUT2D eigenvalue weighted by atomic mass is 10.1. The molecule has 124 valence electrons. The van der Waals surface area contributed by atoms with Gasteiger partial charge >= 0.3 is 5.97 Å². The Bertz CT molecular complexity index is 654. The van der Waals surface area contributed by atoms with Crippen LogP contribution in [0.25, 0.3) is 0 Å². The van der Waals surface area contributed by atoms with Gasteiger partial charge in [-0.15, -0.1) is 10.2 Å². The molecule has 23 heavy (non-hydrogen) atoms. The Morgan fingerprint density at radius 1 is 1.09 bits per heavy atom. The van der Waals surface area contributed by atoms with Gasteiger partial charge in [0.05, 0.1) is 26.7 Å². The topological polar surface area (TPSA) is 83.7 Å². The highest BCUT2D eigenvalue weighted by molar-refractivity contribution is 5.70. The third kappa shape index (κ3) is 4.70. The second-order valence-electron chi connectivity index (χ2n) is 4.67. The molecule has 0 spiro atoms. The van der Waals surface area contributed by atoms with Gasteiger partial charge < -0.3 is 18.6 Å². The van der Waals surface area contributed by atoms with Crippen LogP contribution >= 0.6 is 0 Å². The highest BCUT2D eigenvalue weighted by Crippen LogP contribution is 2.29. The van der Waals surface area contributed by atoms with Gasteiger partial charge in [-0.2, -0.15) is 0 Å². The zero-order chi connectivity index (χ0) is 16.7. The number of hydrogen-bond donors (Lipinski definition) is 0. The van der Waals surface area contributed by atoms with Crippen LogP contribution in [-0.2, 0) is 22.4 Å². The number of hydrogen-bond acceptors (Lipinski definition) is 7. The monoisotopic (exact) mass is 320 g/mol. The van der Waals surface area contributed by atoms with Crippen LogP contribution < -0.4 is 9.47 Å². The van der Waals surface area contributed by atoms with Crippen LogP contribution in [0.4, 0.5) is 0 Å². The van der Waals surface area contributed by atoms with Crippen LogP contribution in [0.15, 0.2) is 22.6 Å². The Labute approximate surface area is 134 Å². The SMILES string of the molecule is CCOc1ccc(Cc2nnc(CC(=O)OC)o2)cc1OCC. The molecule has 0 unspecified atom stereocenters. The van der Waals surface area contributed by atoms with Crippen molar-refractivity contribution >= 4 is 5.97 Å². The molecular formula is C16H20N2O5. The van der Waals surface area contributed by atoms with E-state index in [1.54, 1.807) is 0 Å². The molecule has 0 N–H and O–H groups in total. The fourth-order valence-electron chi connectivity index (χ4n) is 2.01. The van der Waals surface area contributed by atoms with Crippen molar-refractivity contribution in [3.63, 3.8) is 0 Å². The fourth-order valence-corrected chi connectivity index (χ4v) is 2.01. The Hall–Kier alpha value is -2.57. The van der Waals surface area contributed by atoms with Crippen molar-refractivity contribution in [2.45, 2.75) is 26.7 Å².